The molecule has 0 spiro atoms. The predicted molar refractivity (Wildman–Crippen MR) is 127 cm³/mol. The lowest BCUT2D eigenvalue weighted by Crippen LogP contribution is -2.48. The molecule has 10 heteroatoms. The number of piperazine rings is 1. The number of methoxy groups -OCH3 is 1. The van der Waals surface area contributed by atoms with E-state index in [-0.39, 0.29) is 5.91 Å². The summed E-state index contributed by atoms with van der Waals surface area (Å²) in [7, 11) is 1.68. The summed E-state index contributed by atoms with van der Waals surface area (Å²) in [5.41, 5.74) is 4.81. The number of hydrogen-bond donors (Lipinski definition) is 0. The van der Waals surface area contributed by atoms with Gasteiger partial charge in [0.15, 0.2) is 11.5 Å². The molecule has 0 bridgehead atoms. The molecule has 1 aliphatic heterocycles. The molecule has 1 saturated heterocycles. The van der Waals surface area contributed by atoms with Gasteiger partial charge < -0.3 is 14.5 Å². The van der Waals surface area contributed by atoms with E-state index in [9.17, 15) is 4.79 Å². The summed E-state index contributed by atoms with van der Waals surface area (Å²) in [5, 5.41) is 17.1. The van der Waals surface area contributed by atoms with Gasteiger partial charge in [0.1, 0.15) is 12.1 Å². The SMILES string of the molecule is COc1cccc(N2CCN(C(=O)CCc3c(C)nn(-c4ccc5nncn5n4)c3C)CC2)c1. The van der Waals surface area contributed by atoms with Crippen molar-refractivity contribution in [2.45, 2.75) is 26.7 Å². The quantitative estimate of drug-likeness (QED) is 0.435. The maximum atomic E-state index is 13.0. The molecule has 176 valence electrons. The van der Waals surface area contributed by atoms with Gasteiger partial charge in [0.2, 0.25) is 5.91 Å². The van der Waals surface area contributed by atoms with Gasteiger partial charge in [0.25, 0.3) is 0 Å². The van der Waals surface area contributed by atoms with Crippen molar-refractivity contribution >= 4 is 17.2 Å². The monoisotopic (exact) mass is 460 g/mol. The Kier molecular flexibility index (Phi) is 5.87. The fourth-order valence-electron chi connectivity index (χ4n) is 4.50. The Bertz CT molecular complexity index is 1320. The maximum absolute atomic E-state index is 13.0. The first-order valence-electron chi connectivity index (χ1n) is 11.4. The first-order chi connectivity index (χ1) is 16.5. The van der Waals surface area contributed by atoms with Gasteiger partial charge in [-0.2, -0.15) is 9.61 Å². The molecule has 4 aromatic rings. The van der Waals surface area contributed by atoms with Crippen LogP contribution in [0.3, 0.4) is 0 Å². The lowest BCUT2D eigenvalue weighted by atomic mass is 10.1. The molecule has 0 radical (unpaired) electrons. The van der Waals surface area contributed by atoms with Gasteiger partial charge in [-0.25, -0.2) is 4.68 Å². The summed E-state index contributed by atoms with van der Waals surface area (Å²) in [4.78, 5) is 17.2. The van der Waals surface area contributed by atoms with Gasteiger partial charge >= 0.3 is 0 Å². The van der Waals surface area contributed by atoms with Crippen LogP contribution in [0.25, 0.3) is 11.5 Å². The van der Waals surface area contributed by atoms with Gasteiger partial charge in [-0.3, -0.25) is 4.79 Å². The molecule has 1 aliphatic rings. The molecule has 0 aliphatic carbocycles. The van der Waals surface area contributed by atoms with E-state index in [0.29, 0.717) is 24.3 Å². The van der Waals surface area contributed by atoms with Crippen LogP contribution in [0.15, 0.2) is 42.7 Å². The average molecular weight is 461 g/mol. The lowest BCUT2D eigenvalue weighted by molar-refractivity contribution is -0.131. The van der Waals surface area contributed by atoms with Crippen LogP contribution in [0.1, 0.15) is 23.4 Å². The van der Waals surface area contributed by atoms with Crippen LogP contribution in [0.4, 0.5) is 5.69 Å². The molecule has 3 aromatic heterocycles. The Morgan fingerprint density at radius 1 is 1.06 bits per heavy atom. The van der Waals surface area contributed by atoms with E-state index in [0.717, 1.165) is 54.6 Å². The van der Waals surface area contributed by atoms with Crippen molar-refractivity contribution in [3.8, 4) is 11.6 Å². The molecular weight excluding hydrogens is 432 g/mol. The zero-order chi connectivity index (χ0) is 23.7. The third kappa shape index (κ3) is 4.18. The molecule has 4 heterocycles. The summed E-state index contributed by atoms with van der Waals surface area (Å²) in [6, 6.07) is 11.8. The maximum Gasteiger partial charge on any atom is 0.223 e. The van der Waals surface area contributed by atoms with Crippen LogP contribution in [-0.2, 0) is 11.2 Å². The van der Waals surface area contributed by atoms with Crippen LogP contribution in [0, 0.1) is 13.8 Å². The largest absolute Gasteiger partial charge is 0.497 e. The highest BCUT2D eigenvalue weighted by Gasteiger charge is 2.23. The Hall–Kier alpha value is -3.95. The minimum atomic E-state index is 0.181. The number of aryl methyl sites for hydroxylation is 1. The highest BCUT2D eigenvalue weighted by Crippen LogP contribution is 2.23. The number of fused-ring (bicyclic) bond motifs is 1. The van der Waals surface area contributed by atoms with Crippen molar-refractivity contribution in [3.63, 3.8) is 0 Å². The number of rotatable bonds is 6. The van der Waals surface area contributed by atoms with Crippen molar-refractivity contribution < 1.29 is 9.53 Å². The second kappa shape index (κ2) is 9.12. The molecular formula is C24H28N8O2. The number of benzene rings is 1. The minimum absolute atomic E-state index is 0.181. The summed E-state index contributed by atoms with van der Waals surface area (Å²) in [6.07, 6.45) is 2.68. The molecule has 0 atom stereocenters. The van der Waals surface area contributed by atoms with Gasteiger partial charge in [-0.15, -0.1) is 15.3 Å². The first kappa shape index (κ1) is 21.9. The summed E-state index contributed by atoms with van der Waals surface area (Å²) < 4.78 is 8.78. The molecule has 1 fully saturated rings. The Morgan fingerprint density at radius 2 is 1.88 bits per heavy atom. The van der Waals surface area contributed by atoms with E-state index in [1.54, 1.807) is 18.0 Å². The van der Waals surface area contributed by atoms with E-state index in [1.165, 1.54) is 0 Å². The Balaban J connectivity index is 1.21. The number of carbonyl (C=O) groups excluding carboxylic acids is 1. The third-order valence-electron chi connectivity index (χ3n) is 6.45. The number of nitrogens with zero attached hydrogens (tertiary/aromatic N) is 8. The predicted octanol–water partition coefficient (Wildman–Crippen LogP) is 2.22. The minimum Gasteiger partial charge on any atom is -0.497 e. The second-order valence-electron chi connectivity index (χ2n) is 8.46. The van der Waals surface area contributed by atoms with E-state index in [4.69, 9.17) is 4.74 Å². The van der Waals surface area contributed by atoms with Gasteiger partial charge in [-0.05, 0) is 50.1 Å². The first-order valence-corrected chi connectivity index (χ1v) is 11.4. The van der Waals surface area contributed by atoms with Gasteiger partial charge in [0, 0.05) is 50.0 Å². The summed E-state index contributed by atoms with van der Waals surface area (Å²) >= 11 is 0. The van der Waals surface area contributed by atoms with E-state index >= 15 is 0 Å². The van der Waals surface area contributed by atoms with Crippen molar-refractivity contribution in [2.24, 2.45) is 0 Å². The van der Waals surface area contributed by atoms with E-state index in [2.05, 4.69) is 31.4 Å². The molecule has 10 nitrogen and oxygen atoms in total. The number of amides is 1. The molecule has 0 saturated carbocycles. The number of aromatic nitrogens is 6. The van der Waals surface area contributed by atoms with Crippen molar-refractivity contribution in [1.82, 2.24) is 34.5 Å². The number of ether oxygens (including phenoxy) is 1. The normalized spacial score (nSPS) is 14.1. The van der Waals surface area contributed by atoms with Crippen molar-refractivity contribution in [2.75, 3.05) is 38.2 Å². The summed E-state index contributed by atoms with van der Waals surface area (Å²) in [5.74, 6) is 1.72. The third-order valence-corrected chi connectivity index (χ3v) is 6.45. The Labute approximate surface area is 197 Å². The van der Waals surface area contributed by atoms with Crippen LogP contribution in [0.5, 0.6) is 5.75 Å². The molecule has 5 rings (SSSR count). The van der Waals surface area contributed by atoms with Crippen LogP contribution < -0.4 is 9.64 Å². The fourth-order valence-corrected chi connectivity index (χ4v) is 4.50. The van der Waals surface area contributed by atoms with Crippen molar-refractivity contribution in [3.05, 3.63) is 59.7 Å². The number of anilines is 1. The van der Waals surface area contributed by atoms with Crippen LogP contribution >= 0.6 is 0 Å². The fraction of sp³-hybridized carbons (Fsp3) is 0.375. The Morgan fingerprint density at radius 3 is 2.68 bits per heavy atom. The topological polar surface area (TPSA) is 93.7 Å². The number of hydrogen-bond acceptors (Lipinski definition) is 7. The van der Waals surface area contributed by atoms with Crippen LogP contribution in [0.2, 0.25) is 0 Å². The zero-order valence-electron chi connectivity index (χ0n) is 19.7. The number of carbonyl (C=O) groups is 1. The van der Waals surface area contributed by atoms with Gasteiger partial charge in [-0.1, -0.05) is 6.07 Å². The smallest absolute Gasteiger partial charge is 0.223 e. The highest BCUT2D eigenvalue weighted by atomic mass is 16.5. The van der Waals surface area contributed by atoms with Gasteiger partial charge in [0.05, 0.1) is 12.8 Å². The zero-order valence-corrected chi connectivity index (χ0v) is 19.7. The average Bonchev–Trinajstić information content (AvgIpc) is 3.46. The molecule has 0 unspecified atom stereocenters. The molecule has 1 aromatic carbocycles. The second-order valence-corrected chi connectivity index (χ2v) is 8.46. The molecule has 0 N–H and O–H groups in total. The standard InChI is InChI=1S/C24H28N8O2/c1-17-21(18(2)32(27-17)23-9-8-22-26-25-16-31(22)28-23)7-10-24(33)30-13-11-29(12-14-30)19-5-4-6-20(15-19)34-3/h4-6,8-9,15-16H,7,10-14H2,1-3H3. The lowest BCUT2D eigenvalue weighted by Gasteiger charge is -2.36. The molecule has 34 heavy (non-hydrogen) atoms. The molecule has 1 amide bonds. The summed E-state index contributed by atoms with van der Waals surface area (Å²) in [6.45, 7) is 7.06. The van der Waals surface area contributed by atoms with Crippen LogP contribution in [-0.4, -0.2) is 73.7 Å². The van der Waals surface area contributed by atoms with E-state index in [1.807, 2.05) is 53.8 Å². The highest BCUT2D eigenvalue weighted by molar-refractivity contribution is 5.77. The van der Waals surface area contributed by atoms with Crippen molar-refractivity contribution in [1.29, 1.82) is 0 Å². The van der Waals surface area contributed by atoms with E-state index < -0.39 is 0 Å².